The van der Waals surface area contributed by atoms with Crippen LogP contribution in [0.5, 0.6) is 0 Å². The van der Waals surface area contributed by atoms with Crippen LogP contribution in [0.3, 0.4) is 0 Å². The number of aromatic nitrogens is 1. The maximum Gasteiger partial charge on any atom is 0.326 e. The Labute approximate surface area is 151 Å². The van der Waals surface area contributed by atoms with Crippen molar-refractivity contribution in [3.05, 3.63) is 35.0 Å². The van der Waals surface area contributed by atoms with Gasteiger partial charge in [0.1, 0.15) is 11.7 Å². The number of hydrogen-bond donors (Lipinski definition) is 3. The molecule has 1 unspecified atom stereocenters. The molecule has 26 heavy (non-hydrogen) atoms. The van der Waals surface area contributed by atoms with Gasteiger partial charge in [0.05, 0.1) is 0 Å². The van der Waals surface area contributed by atoms with E-state index in [4.69, 9.17) is 5.11 Å². The predicted molar refractivity (Wildman–Crippen MR) is 97.5 cm³/mol. The summed E-state index contributed by atoms with van der Waals surface area (Å²) in [6, 6.07) is 4.79. The fourth-order valence-electron chi connectivity index (χ4n) is 3.16. The molecule has 1 aromatic heterocycles. The quantitative estimate of drug-likeness (QED) is 0.670. The van der Waals surface area contributed by atoms with Gasteiger partial charge in [-0.1, -0.05) is 13.0 Å². The summed E-state index contributed by atoms with van der Waals surface area (Å²) in [6.45, 7) is 6.38. The van der Waals surface area contributed by atoms with Crippen molar-refractivity contribution in [1.82, 2.24) is 9.88 Å². The minimum absolute atomic E-state index is 0.165. The van der Waals surface area contributed by atoms with Gasteiger partial charge in [-0.3, -0.25) is 9.59 Å². The molecule has 0 bridgehead atoms. The lowest BCUT2D eigenvalue weighted by atomic mass is 10.1. The van der Waals surface area contributed by atoms with Gasteiger partial charge in [0.25, 0.3) is 5.91 Å². The molecule has 2 aromatic rings. The van der Waals surface area contributed by atoms with E-state index in [0.29, 0.717) is 12.2 Å². The molecule has 0 saturated heterocycles. The Morgan fingerprint density at radius 2 is 1.88 bits per heavy atom. The van der Waals surface area contributed by atoms with E-state index in [9.17, 15) is 19.5 Å². The van der Waals surface area contributed by atoms with Crippen LogP contribution in [0.4, 0.5) is 0 Å². The van der Waals surface area contributed by atoms with Crippen LogP contribution in [0, 0.1) is 6.92 Å². The Hall–Kier alpha value is -2.83. The number of carbonyl (C=O) groups excluding carboxylic acids is 1. The molecule has 0 fully saturated rings. The van der Waals surface area contributed by atoms with Crippen molar-refractivity contribution in [1.29, 1.82) is 0 Å². The third-order valence-electron chi connectivity index (χ3n) is 4.57. The largest absolute Gasteiger partial charge is 0.481 e. The predicted octanol–water partition coefficient (Wildman–Crippen LogP) is 2.58. The van der Waals surface area contributed by atoms with Gasteiger partial charge in [0.2, 0.25) is 0 Å². The van der Waals surface area contributed by atoms with Gasteiger partial charge in [-0.2, -0.15) is 0 Å². The zero-order chi connectivity index (χ0) is 19.4. The van der Waals surface area contributed by atoms with Crippen LogP contribution >= 0.6 is 0 Å². The number of benzene rings is 1. The molecule has 3 N–H and O–H groups in total. The van der Waals surface area contributed by atoms with Crippen molar-refractivity contribution < 1.29 is 24.6 Å². The summed E-state index contributed by atoms with van der Waals surface area (Å²) in [5.74, 6) is -2.85. The van der Waals surface area contributed by atoms with Crippen molar-refractivity contribution in [3.63, 3.8) is 0 Å². The number of aliphatic carboxylic acids is 2. The lowest BCUT2D eigenvalue weighted by Gasteiger charge is -2.15. The molecule has 0 spiro atoms. The fourth-order valence-corrected chi connectivity index (χ4v) is 3.16. The van der Waals surface area contributed by atoms with E-state index in [2.05, 4.69) is 12.2 Å². The monoisotopic (exact) mass is 360 g/mol. The Bertz CT molecular complexity index is 853. The molecule has 1 heterocycles. The van der Waals surface area contributed by atoms with Gasteiger partial charge in [0, 0.05) is 23.9 Å². The molecule has 140 valence electrons. The summed E-state index contributed by atoms with van der Waals surface area (Å²) < 4.78 is 1.86. The second-order valence-electron chi connectivity index (χ2n) is 6.22. The summed E-state index contributed by atoms with van der Waals surface area (Å²) in [7, 11) is 0. The highest BCUT2D eigenvalue weighted by Gasteiger charge is 2.25. The van der Waals surface area contributed by atoms with Gasteiger partial charge >= 0.3 is 11.9 Å². The highest BCUT2D eigenvalue weighted by atomic mass is 16.4. The van der Waals surface area contributed by atoms with Crippen molar-refractivity contribution in [3.8, 4) is 0 Å². The highest BCUT2D eigenvalue weighted by molar-refractivity contribution is 6.03. The van der Waals surface area contributed by atoms with Crippen LogP contribution in [0.25, 0.3) is 10.9 Å². The maximum atomic E-state index is 12.8. The van der Waals surface area contributed by atoms with Crippen LogP contribution < -0.4 is 5.32 Å². The Kier molecular flexibility index (Phi) is 6.02. The molecule has 1 amide bonds. The third kappa shape index (κ3) is 3.87. The number of amides is 1. The first kappa shape index (κ1) is 19.5. The number of nitrogens with zero attached hydrogens (tertiary/aromatic N) is 1. The molecule has 0 aliphatic rings. The lowest BCUT2D eigenvalue weighted by Crippen LogP contribution is -2.42. The number of rotatable bonds is 8. The van der Waals surface area contributed by atoms with Gasteiger partial charge in [-0.25, -0.2) is 4.79 Å². The zero-order valence-electron chi connectivity index (χ0n) is 15.2. The van der Waals surface area contributed by atoms with Gasteiger partial charge in [-0.15, -0.1) is 0 Å². The fraction of sp³-hybridized carbons (Fsp3) is 0.421. The van der Waals surface area contributed by atoms with Gasteiger partial charge in [0.15, 0.2) is 0 Å². The van der Waals surface area contributed by atoms with Gasteiger partial charge in [-0.05, 0) is 49.9 Å². The third-order valence-corrected chi connectivity index (χ3v) is 4.57. The zero-order valence-corrected chi connectivity index (χ0v) is 15.2. The summed E-state index contributed by atoms with van der Waals surface area (Å²) in [5, 5.41) is 21.5. The van der Waals surface area contributed by atoms with Crippen LogP contribution in [0.1, 0.15) is 48.3 Å². The molecule has 0 aliphatic heterocycles. The number of carboxylic acids is 2. The van der Waals surface area contributed by atoms with E-state index in [1.807, 2.05) is 36.6 Å². The minimum atomic E-state index is -1.25. The van der Waals surface area contributed by atoms with Crippen molar-refractivity contribution in [2.45, 2.75) is 52.6 Å². The molecular formula is C19H24N2O5. The average molecular weight is 360 g/mol. The minimum Gasteiger partial charge on any atom is -0.481 e. The molecule has 7 heteroatoms. The number of aryl methyl sites for hydroxylation is 3. The van der Waals surface area contributed by atoms with Crippen molar-refractivity contribution in [2.24, 2.45) is 0 Å². The molecule has 1 aromatic carbocycles. The van der Waals surface area contributed by atoms with Crippen molar-refractivity contribution >= 4 is 28.7 Å². The standard InChI is InChI=1S/C19H24N2O5/c1-4-12-6-8-15-13(10-12)11(3)17(21(15)5-2)18(24)20-14(19(25)26)7-9-16(22)23/h6,8,10,14H,4-5,7,9H2,1-3H3,(H,20,24)(H,22,23)(H,25,26). The summed E-state index contributed by atoms with van der Waals surface area (Å²) in [5.41, 5.74) is 3.28. The first-order chi connectivity index (χ1) is 12.3. The first-order valence-corrected chi connectivity index (χ1v) is 8.67. The number of nitrogens with one attached hydrogen (secondary N) is 1. The molecule has 0 radical (unpaired) electrons. The summed E-state index contributed by atoms with van der Waals surface area (Å²) in [6.07, 6.45) is 0.388. The number of fused-ring (bicyclic) bond motifs is 1. The van der Waals surface area contributed by atoms with E-state index in [1.54, 1.807) is 0 Å². The van der Waals surface area contributed by atoms with E-state index in [-0.39, 0.29) is 12.8 Å². The Morgan fingerprint density at radius 1 is 1.19 bits per heavy atom. The van der Waals surface area contributed by atoms with Crippen LogP contribution in [-0.4, -0.2) is 38.7 Å². The normalized spacial score (nSPS) is 12.1. The second-order valence-corrected chi connectivity index (χ2v) is 6.22. The molecule has 1 atom stereocenters. The van der Waals surface area contributed by atoms with E-state index in [0.717, 1.165) is 28.5 Å². The Morgan fingerprint density at radius 3 is 2.42 bits per heavy atom. The molecule has 0 aliphatic carbocycles. The SMILES string of the molecule is CCc1ccc2c(c1)c(C)c(C(=O)NC(CCC(=O)O)C(=O)O)n2CC. The second kappa shape index (κ2) is 8.03. The van der Waals surface area contributed by atoms with E-state index in [1.165, 1.54) is 0 Å². The topological polar surface area (TPSA) is 109 Å². The summed E-state index contributed by atoms with van der Waals surface area (Å²) in [4.78, 5) is 34.9. The smallest absolute Gasteiger partial charge is 0.326 e. The van der Waals surface area contributed by atoms with Crippen molar-refractivity contribution in [2.75, 3.05) is 0 Å². The highest BCUT2D eigenvalue weighted by Crippen LogP contribution is 2.27. The van der Waals surface area contributed by atoms with Gasteiger partial charge < -0.3 is 20.1 Å². The lowest BCUT2D eigenvalue weighted by molar-refractivity contribution is -0.140. The van der Waals surface area contributed by atoms with E-state index < -0.39 is 23.9 Å². The van der Waals surface area contributed by atoms with Crippen LogP contribution in [0.2, 0.25) is 0 Å². The molecule has 0 saturated carbocycles. The number of carboxylic acid groups (broad SMARTS) is 2. The molecule has 2 rings (SSSR count). The summed E-state index contributed by atoms with van der Waals surface area (Å²) >= 11 is 0. The van der Waals surface area contributed by atoms with Crippen LogP contribution in [-0.2, 0) is 22.6 Å². The molecular weight excluding hydrogens is 336 g/mol. The average Bonchev–Trinajstić information content (AvgIpc) is 2.89. The number of carbonyl (C=O) groups is 3. The molecule has 7 nitrogen and oxygen atoms in total. The number of hydrogen-bond acceptors (Lipinski definition) is 3. The Balaban J connectivity index is 2.41. The first-order valence-electron chi connectivity index (χ1n) is 8.67. The van der Waals surface area contributed by atoms with Crippen LogP contribution in [0.15, 0.2) is 18.2 Å². The van der Waals surface area contributed by atoms with E-state index >= 15 is 0 Å². The maximum absolute atomic E-state index is 12.8.